The summed E-state index contributed by atoms with van der Waals surface area (Å²) in [7, 11) is 0. The molecule has 1 aromatic carbocycles. The van der Waals surface area contributed by atoms with Crippen LogP contribution < -0.4 is 16.3 Å². The van der Waals surface area contributed by atoms with Crippen molar-refractivity contribution in [3.05, 3.63) is 34.2 Å². The summed E-state index contributed by atoms with van der Waals surface area (Å²) in [6.45, 7) is 3.38. The van der Waals surface area contributed by atoms with Crippen LogP contribution in [0.1, 0.15) is 51.0 Å². The van der Waals surface area contributed by atoms with E-state index in [1.54, 1.807) is 25.1 Å². The summed E-state index contributed by atoms with van der Waals surface area (Å²) < 4.78 is 5.37. The molecule has 3 amide bonds. The Balaban J connectivity index is 1.59. The molecule has 1 aliphatic rings. The van der Waals surface area contributed by atoms with Crippen molar-refractivity contribution in [1.29, 1.82) is 0 Å². The van der Waals surface area contributed by atoms with Crippen molar-refractivity contribution in [3.63, 3.8) is 0 Å². The van der Waals surface area contributed by atoms with Crippen molar-refractivity contribution in [1.82, 2.24) is 5.06 Å². The van der Waals surface area contributed by atoms with Crippen molar-refractivity contribution in [2.75, 3.05) is 17.2 Å². The number of carbonyl (C=O) groups excluding carboxylic acids is 4. The number of aryl methyl sites for hydroxylation is 1. The smallest absolute Gasteiger partial charge is 0.360 e. The number of unbranched alkanes of at least 4 members (excludes halogenated alkanes) is 2. The van der Waals surface area contributed by atoms with Gasteiger partial charge >= 0.3 is 11.6 Å². The molecule has 0 radical (unpaired) electrons. The van der Waals surface area contributed by atoms with Crippen LogP contribution in [0.15, 0.2) is 27.4 Å². The molecule has 0 spiro atoms. The summed E-state index contributed by atoms with van der Waals surface area (Å²) in [5.41, 5.74) is 6.75. The summed E-state index contributed by atoms with van der Waals surface area (Å²) in [4.78, 5) is 65.8. The molecule has 2 N–H and O–H groups in total. The van der Waals surface area contributed by atoms with Gasteiger partial charge in [0.25, 0.3) is 11.8 Å². The third kappa shape index (κ3) is 4.96. The zero-order chi connectivity index (χ0) is 23.4. The number of fused-ring (bicyclic) bond motifs is 1. The van der Waals surface area contributed by atoms with Crippen LogP contribution in [0.4, 0.5) is 11.4 Å². The second kappa shape index (κ2) is 9.63. The van der Waals surface area contributed by atoms with Gasteiger partial charge in [-0.05, 0) is 37.5 Å². The number of hydroxylamine groups is 2. The van der Waals surface area contributed by atoms with Crippen LogP contribution in [0, 0.1) is 6.92 Å². The molecule has 0 aliphatic carbocycles. The Hall–Kier alpha value is -3.69. The van der Waals surface area contributed by atoms with Crippen molar-refractivity contribution < 1.29 is 28.4 Å². The van der Waals surface area contributed by atoms with Crippen LogP contribution >= 0.6 is 0 Å². The van der Waals surface area contributed by atoms with Gasteiger partial charge in [0.1, 0.15) is 11.3 Å². The van der Waals surface area contributed by atoms with Gasteiger partial charge in [-0.2, -0.15) is 0 Å². The summed E-state index contributed by atoms with van der Waals surface area (Å²) in [5.74, 6) is -2.01. The molecule has 3 rings (SSSR count). The highest BCUT2D eigenvalue weighted by Crippen LogP contribution is 2.27. The highest BCUT2D eigenvalue weighted by molar-refractivity contribution is 6.01. The minimum absolute atomic E-state index is 0.0235. The predicted molar refractivity (Wildman–Crippen MR) is 115 cm³/mol. The van der Waals surface area contributed by atoms with E-state index < -0.39 is 23.4 Å². The number of anilines is 2. The van der Waals surface area contributed by atoms with Gasteiger partial charge in [0.15, 0.2) is 0 Å². The molecular formula is C22H25N3O7. The van der Waals surface area contributed by atoms with Crippen molar-refractivity contribution in [2.24, 2.45) is 0 Å². The lowest BCUT2D eigenvalue weighted by atomic mass is 10.1. The molecule has 1 saturated heterocycles. The lowest BCUT2D eigenvalue weighted by Gasteiger charge is -2.22. The average molecular weight is 443 g/mol. The number of carbonyl (C=O) groups is 4. The minimum atomic E-state index is -0.665. The monoisotopic (exact) mass is 443 g/mol. The highest BCUT2D eigenvalue weighted by Gasteiger charge is 2.32. The normalized spacial score (nSPS) is 13.6. The molecule has 2 aromatic rings. The molecule has 0 saturated carbocycles. The van der Waals surface area contributed by atoms with Crippen molar-refractivity contribution in [3.8, 4) is 0 Å². The van der Waals surface area contributed by atoms with E-state index in [0.29, 0.717) is 46.5 Å². The molecule has 1 aliphatic heterocycles. The number of amides is 3. The van der Waals surface area contributed by atoms with E-state index in [2.05, 4.69) is 0 Å². The Morgan fingerprint density at radius 3 is 2.47 bits per heavy atom. The topological polar surface area (TPSA) is 140 Å². The second-order valence-corrected chi connectivity index (χ2v) is 7.65. The lowest BCUT2D eigenvalue weighted by molar-refractivity contribution is -0.197. The maximum Gasteiger partial charge on any atom is 0.360 e. The lowest BCUT2D eigenvalue weighted by Crippen LogP contribution is -2.34. The Kier molecular flexibility index (Phi) is 6.92. The maximum absolute atomic E-state index is 12.6. The number of imide groups is 1. The Morgan fingerprint density at radius 1 is 1.12 bits per heavy atom. The van der Waals surface area contributed by atoms with E-state index in [0.717, 1.165) is 0 Å². The predicted octanol–water partition coefficient (Wildman–Crippen LogP) is 2.20. The molecule has 1 fully saturated rings. The Bertz CT molecular complexity index is 1120. The molecule has 10 nitrogen and oxygen atoms in total. The van der Waals surface area contributed by atoms with Gasteiger partial charge in [0.2, 0.25) is 5.91 Å². The Labute approximate surface area is 183 Å². The first-order chi connectivity index (χ1) is 15.2. The number of rotatable bonds is 8. The van der Waals surface area contributed by atoms with Crippen LogP contribution in [0.5, 0.6) is 0 Å². The van der Waals surface area contributed by atoms with E-state index in [1.807, 2.05) is 0 Å². The molecule has 32 heavy (non-hydrogen) atoms. The largest absolute Gasteiger partial charge is 0.421 e. The van der Waals surface area contributed by atoms with Gasteiger partial charge in [-0.1, -0.05) is 6.42 Å². The number of nitrogens with two attached hydrogens (primary N) is 1. The quantitative estimate of drug-likeness (QED) is 0.283. The zero-order valence-electron chi connectivity index (χ0n) is 18.0. The number of hydrogen-bond donors (Lipinski definition) is 1. The summed E-state index contributed by atoms with van der Waals surface area (Å²) >= 11 is 0. The van der Waals surface area contributed by atoms with Gasteiger partial charge in [-0.15, -0.1) is 5.06 Å². The number of nitrogens with zero attached hydrogens (tertiary/aromatic N) is 2. The summed E-state index contributed by atoms with van der Waals surface area (Å²) in [6.07, 6.45) is 1.63. The van der Waals surface area contributed by atoms with E-state index >= 15 is 0 Å². The van der Waals surface area contributed by atoms with Crippen LogP contribution in [-0.4, -0.2) is 35.3 Å². The summed E-state index contributed by atoms with van der Waals surface area (Å²) in [6, 6.07) is 5.00. The van der Waals surface area contributed by atoms with E-state index in [4.69, 9.17) is 15.0 Å². The molecule has 170 valence electrons. The van der Waals surface area contributed by atoms with Gasteiger partial charge in [0, 0.05) is 49.9 Å². The van der Waals surface area contributed by atoms with Crippen LogP contribution in [0.2, 0.25) is 0 Å². The first-order valence-corrected chi connectivity index (χ1v) is 10.4. The molecule has 0 atom stereocenters. The van der Waals surface area contributed by atoms with Crippen molar-refractivity contribution in [2.45, 2.75) is 52.4 Å². The van der Waals surface area contributed by atoms with E-state index in [9.17, 15) is 24.0 Å². The molecule has 0 bridgehead atoms. The van der Waals surface area contributed by atoms with E-state index in [-0.39, 0.29) is 37.4 Å². The number of benzene rings is 1. The van der Waals surface area contributed by atoms with Gasteiger partial charge in [-0.3, -0.25) is 14.4 Å². The standard InChI is InChI=1S/C22H25N3O7/c1-13-16-8-7-15(23)12-17(16)31-22(30)21(13)24(14(2)26)11-5-3-4-6-20(29)32-25-18(27)9-10-19(25)28/h7-8,12H,3-6,9-11,23H2,1-2H3. The summed E-state index contributed by atoms with van der Waals surface area (Å²) in [5, 5.41) is 1.21. The minimum Gasteiger partial charge on any atom is -0.421 e. The van der Waals surface area contributed by atoms with Crippen LogP contribution in [0.25, 0.3) is 11.0 Å². The van der Waals surface area contributed by atoms with Gasteiger partial charge in [-0.25, -0.2) is 9.59 Å². The fraction of sp³-hybridized carbons (Fsp3) is 0.409. The first kappa shape index (κ1) is 23.0. The zero-order valence-corrected chi connectivity index (χ0v) is 18.0. The molecular weight excluding hydrogens is 418 g/mol. The van der Waals surface area contributed by atoms with Gasteiger partial charge in [0.05, 0.1) is 0 Å². The second-order valence-electron chi connectivity index (χ2n) is 7.65. The third-order valence-corrected chi connectivity index (χ3v) is 5.27. The first-order valence-electron chi connectivity index (χ1n) is 10.4. The SMILES string of the molecule is CC(=O)N(CCCCCC(=O)ON1C(=O)CCC1=O)c1c(C)c2ccc(N)cc2oc1=O. The van der Waals surface area contributed by atoms with E-state index in [1.165, 1.54) is 11.8 Å². The highest BCUT2D eigenvalue weighted by atomic mass is 16.7. The van der Waals surface area contributed by atoms with Crippen LogP contribution in [0.3, 0.4) is 0 Å². The number of hydrogen-bond acceptors (Lipinski definition) is 8. The number of nitrogen functional groups attached to an aromatic ring is 1. The fourth-order valence-corrected chi connectivity index (χ4v) is 3.62. The third-order valence-electron chi connectivity index (χ3n) is 5.27. The molecule has 0 unspecified atom stereocenters. The molecule has 1 aromatic heterocycles. The van der Waals surface area contributed by atoms with Gasteiger partial charge < -0.3 is 19.9 Å². The fourth-order valence-electron chi connectivity index (χ4n) is 3.62. The average Bonchev–Trinajstić information content (AvgIpc) is 3.03. The van der Waals surface area contributed by atoms with Crippen molar-refractivity contribution >= 4 is 46.0 Å². The molecule has 10 heteroatoms. The van der Waals surface area contributed by atoms with Crippen LogP contribution in [-0.2, 0) is 24.0 Å². The maximum atomic E-state index is 12.6. The Morgan fingerprint density at radius 2 is 1.81 bits per heavy atom. The molecule has 2 heterocycles.